The highest BCUT2D eigenvalue weighted by molar-refractivity contribution is 7.16. The first kappa shape index (κ1) is 9.24. The molecule has 1 heterocycles. The Kier molecular flexibility index (Phi) is 2.85. The van der Waals surface area contributed by atoms with Gasteiger partial charge in [0, 0.05) is 0 Å². The predicted molar refractivity (Wildman–Crippen MR) is 46.3 cm³/mol. The second-order valence-electron chi connectivity index (χ2n) is 1.95. The van der Waals surface area contributed by atoms with Gasteiger partial charge in [0.1, 0.15) is 5.15 Å². The molecule has 5 nitrogen and oxygen atoms in total. The van der Waals surface area contributed by atoms with Crippen molar-refractivity contribution in [2.45, 2.75) is 6.42 Å². The van der Waals surface area contributed by atoms with E-state index < -0.39 is 5.97 Å². The third-order valence-electron chi connectivity index (χ3n) is 1.08. The largest absolute Gasteiger partial charge is 0.481 e. The summed E-state index contributed by atoms with van der Waals surface area (Å²) in [6.07, 6.45) is -0.127. The fraction of sp³-hybridized carbons (Fsp3) is 0.200. The van der Waals surface area contributed by atoms with Gasteiger partial charge in [0.25, 0.3) is 0 Å². The number of anilines is 1. The molecule has 1 aromatic rings. The number of carboxylic acid groups (broad SMARTS) is 1. The van der Waals surface area contributed by atoms with Gasteiger partial charge in [-0.2, -0.15) is 0 Å². The molecule has 0 aromatic carbocycles. The van der Waals surface area contributed by atoms with Crippen LogP contribution in [0.5, 0.6) is 0 Å². The lowest BCUT2D eigenvalue weighted by molar-refractivity contribution is -0.136. The molecule has 1 aromatic heterocycles. The van der Waals surface area contributed by atoms with Gasteiger partial charge in [-0.1, -0.05) is 22.9 Å². The Labute approximate surface area is 77.1 Å². The summed E-state index contributed by atoms with van der Waals surface area (Å²) in [5.74, 6) is 4.11. The summed E-state index contributed by atoms with van der Waals surface area (Å²) in [6, 6.07) is 0. The van der Waals surface area contributed by atoms with Gasteiger partial charge in [0.15, 0.2) is 5.13 Å². The first-order valence-electron chi connectivity index (χ1n) is 2.97. The molecule has 0 amide bonds. The maximum Gasteiger partial charge on any atom is 0.308 e. The molecule has 0 aliphatic rings. The molecule has 1 rings (SSSR count). The van der Waals surface area contributed by atoms with Crippen molar-refractivity contribution in [3.05, 3.63) is 10.0 Å². The summed E-state index contributed by atoms with van der Waals surface area (Å²) in [5, 5.41) is 9.05. The van der Waals surface area contributed by atoms with Crippen molar-refractivity contribution in [3.63, 3.8) is 0 Å². The number of carbonyl (C=O) groups is 1. The SMILES string of the molecule is NNc1nc(Cl)c(CC(=O)O)s1. The maximum absolute atomic E-state index is 10.3. The fourth-order valence-corrected chi connectivity index (χ4v) is 1.71. The number of hydrazine groups is 1. The number of hydrogen-bond donors (Lipinski definition) is 3. The zero-order chi connectivity index (χ0) is 9.14. The Bertz CT molecular complexity index is 301. The highest BCUT2D eigenvalue weighted by Gasteiger charge is 2.11. The molecule has 0 saturated carbocycles. The summed E-state index contributed by atoms with van der Waals surface area (Å²) in [5.41, 5.74) is 2.29. The van der Waals surface area contributed by atoms with Crippen LogP contribution in [0.25, 0.3) is 0 Å². The molecule has 12 heavy (non-hydrogen) atoms. The summed E-state index contributed by atoms with van der Waals surface area (Å²) in [6.45, 7) is 0. The van der Waals surface area contributed by atoms with Crippen LogP contribution >= 0.6 is 22.9 Å². The minimum atomic E-state index is -0.941. The van der Waals surface area contributed by atoms with E-state index in [9.17, 15) is 4.79 Å². The zero-order valence-electron chi connectivity index (χ0n) is 5.87. The quantitative estimate of drug-likeness (QED) is 0.502. The molecule has 4 N–H and O–H groups in total. The molecule has 0 saturated heterocycles. The molecular formula is C5H6ClN3O2S. The normalized spacial score (nSPS) is 9.83. The number of nitrogen functional groups attached to an aromatic ring is 1. The van der Waals surface area contributed by atoms with Crippen molar-refractivity contribution >= 4 is 34.0 Å². The van der Waals surface area contributed by atoms with Crippen molar-refractivity contribution in [1.82, 2.24) is 4.98 Å². The van der Waals surface area contributed by atoms with Crippen LogP contribution in [0.3, 0.4) is 0 Å². The number of nitrogens with one attached hydrogen (secondary N) is 1. The van der Waals surface area contributed by atoms with E-state index in [0.29, 0.717) is 10.0 Å². The standard InChI is InChI=1S/C5H6ClN3O2S/c6-4-2(1-3(10)11)12-5(8-4)9-7/h1,7H2,(H,8,9)(H,10,11). The van der Waals surface area contributed by atoms with Crippen LogP contribution in [0.4, 0.5) is 5.13 Å². The van der Waals surface area contributed by atoms with E-state index in [1.54, 1.807) is 0 Å². The number of nitrogens with zero attached hydrogens (tertiary/aromatic N) is 1. The minimum Gasteiger partial charge on any atom is -0.481 e. The van der Waals surface area contributed by atoms with Gasteiger partial charge in [-0.05, 0) is 0 Å². The summed E-state index contributed by atoms with van der Waals surface area (Å²) >= 11 is 6.74. The monoisotopic (exact) mass is 207 g/mol. The molecule has 0 aliphatic heterocycles. The average Bonchev–Trinajstić information content (AvgIpc) is 2.31. The number of aromatic nitrogens is 1. The Morgan fingerprint density at radius 2 is 2.50 bits per heavy atom. The van der Waals surface area contributed by atoms with E-state index in [0.717, 1.165) is 11.3 Å². The van der Waals surface area contributed by atoms with Crippen molar-refractivity contribution in [3.8, 4) is 0 Å². The van der Waals surface area contributed by atoms with Crippen molar-refractivity contribution in [1.29, 1.82) is 0 Å². The van der Waals surface area contributed by atoms with E-state index in [1.807, 2.05) is 0 Å². The van der Waals surface area contributed by atoms with Crippen molar-refractivity contribution in [2.24, 2.45) is 5.84 Å². The van der Waals surface area contributed by atoms with E-state index >= 15 is 0 Å². The van der Waals surface area contributed by atoms with Crippen molar-refractivity contribution in [2.75, 3.05) is 5.43 Å². The Morgan fingerprint density at radius 3 is 2.92 bits per heavy atom. The van der Waals surface area contributed by atoms with Gasteiger partial charge in [-0.3, -0.25) is 10.2 Å². The Hall–Kier alpha value is -0.850. The Morgan fingerprint density at radius 1 is 1.83 bits per heavy atom. The molecule has 0 atom stereocenters. The van der Waals surface area contributed by atoms with Gasteiger partial charge in [0.05, 0.1) is 11.3 Å². The van der Waals surface area contributed by atoms with Crippen molar-refractivity contribution < 1.29 is 9.90 Å². The number of carboxylic acids is 1. The lowest BCUT2D eigenvalue weighted by Gasteiger charge is -1.88. The predicted octanol–water partition coefficient (Wildman–Crippen LogP) is 0.709. The first-order valence-corrected chi connectivity index (χ1v) is 4.16. The summed E-state index contributed by atoms with van der Waals surface area (Å²) in [7, 11) is 0. The molecule has 0 bridgehead atoms. The maximum atomic E-state index is 10.3. The van der Waals surface area contributed by atoms with Crippen LogP contribution in [-0.2, 0) is 11.2 Å². The fourth-order valence-electron chi connectivity index (χ4n) is 0.641. The van der Waals surface area contributed by atoms with Gasteiger partial charge >= 0.3 is 5.97 Å². The number of hydrogen-bond acceptors (Lipinski definition) is 5. The van der Waals surface area contributed by atoms with Gasteiger partial charge in [0.2, 0.25) is 0 Å². The van der Waals surface area contributed by atoms with Crippen LogP contribution in [-0.4, -0.2) is 16.1 Å². The van der Waals surface area contributed by atoms with E-state index in [2.05, 4.69) is 10.4 Å². The summed E-state index contributed by atoms with van der Waals surface area (Å²) < 4.78 is 0. The van der Waals surface area contributed by atoms with Crippen LogP contribution in [0.2, 0.25) is 5.15 Å². The molecule has 66 valence electrons. The van der Waals surface area contributed by atoms with Crippen LogP contribution in [0.1, 0.15) is 4.88 Å². The third-order valence-corrected chi connectivity index (χ3v) is 2.50. The number of rotatable bonds is 3. The van der Waals surface area contributed by atoms with Gasteiger partial charge < -0.3 is 5.11 Å². The smallest absolute Gasteiger partial charge is 0.308 e. The molecule has 0 radical (unpaired) electrons. The second kappa shape index (κ2) is 3.70. The van der Waals surface area contributed by atoms with E-state index in [1.165, 1.54) is 0 Å². The number of aliphatic carboxylic acids is 1. The second-order valence-corrected chi connectivity index (χ2v) is 3.39. The van der Waals surface area contributed by atoms with Crippen LogP contribution < -0.4 is 11.3 Å². The highest BCUT2D eigenvalue weighted by atomic mass is 35.5. The molecule has 0 aliphatic carbocycles. The van der Waals surface area contributed by atoms with Gasteiger partial charge in [-0.15, -0.1) is 0 Å². The number of nitrogens with two attached hydrogens (primary N) is 1. The number of thiazole rings is 1. The molecule has 7 heteroatoms. The van der Waals surface area contributed by atoms with Crippen LogP contribution in [0, 0.1) is 0 Å². The van der Waals surface area contributed by atoms with E-state index in [-0.39, 0.29) is 11.6 Å². The molecule has 0 spiro atoms. The minimum absolute atomic E-state index is 0.127. The average molecular weight is 208 g/mol. The topological polar surface area (TPSA) is 88.2 Å². The third kappa shape index (κ3) is 2.07. The lowest BCUT2D eigenvalue weighted by Crippen LogP contribution is -2.05. The zero-order valence-corrected chi connectivity index (χ0v) is 7.45. The first-order chi connectivity index (χ1) is 5.63. The summed E-state index contributed by atoms with van der Waals surface area (Å²) in [4.78, 5) is 14.6. The molecule has 0 unspecified atom stereocenters. The molecule has 0 fully saturated rings. The van der Waals surface area contributed by atoms with Gasteiger partial charge in [-0.25, -0.2) is 10.8 Å². The van der Waals surface area contributed by atoms with Crippen LogP contribution in [0.15, 0.2) is 0 Å². The van der Waals surface area contributed by atoms with E-state index in [4.69, 9.17) is 22.6 Å². The number of halogens is 1. The Balaban J connectivity index is 2.84. The highest BCUT2D eigenvalue weighted by Crippen LogP contribution is 2.26. The molecular weight excluding hydrogens is 202 g/mol. The lowest BCUT2D eigenvalue weighted by atomic mass is 10.4.